The second kappa shape index (κ2) is 7.77. The highest BCUT2D eigenvalue weighted by atomic mass is 19.1. The number of fused-ring (bicyclic) bond motifs is 4. The Hall–Kier alpha value is -3.52. The van der Waals surface area contributed by atoms with Gasteiger partial charge in [0, 0.05) is 36.1 Å². The minimum Gasteiger partial charge on any atom is -0.508 e. The molecule has 1 fully saturated rings. The number of hydrogen-bond donors (Lipinski definition) is 2. The Morgan fingerprint density at radius 1 is 1.32 bits per heavy atom. The van der Waals surface area contributed by atoms with Crippen LogP contribution in [0.3, 0.4) is 0 Å². The lowest BCUT2D eigenvalue weighted by atomic mass is 9.81. The molecule has 2 aromatic carbocycles. The van der Waals surface area contributed by atoms with E-state index in [9.17, 15) is 9.90 Å². The summed E-state index contributed by atoms with van der Waals surface area (Å²) in [4.78, 5) is 23.0. The number of likely N-dealkylation sites (N-methyl/N-ethyl adjacent to an activating group) is 1. The molecule has 2 aliphatic heterocycles. The van der Waals surface area contributed by atoms with Crippen LogP contribution in [0.4, 0.5) is 4.39 Å². The van der Waals surface area contributed by atoms with Crippen LogP contribution in [0.1, 0.15) is 29.8 Å². The number of aromatic amines is 1. The van der Waals surface area contributed by atoms with Crippen molar-refractivity contribution in [2.75, 3.05) is 34.3 Å². The number of methoxy groups -OCH3 is 1. The Morgan fingerprint density at radius 2 is 2.09 bits per heavy atom. The van der Waals surface area contributed by atoms with Crippen molar-refractivity contribution in [3.8, 4) is 11.5 Å². The molecular formula is C26H29FN4O3. The third-order valence-electron chi connectivity index (χ3n) is 7.06. The standard InChI is InChI=1S/C26H29FN4O3/c1-15-30(12-11-29(3)4)25(33)26(2)14-18-21-19(9-10-20(34-5)22(21)27)28-23(18)24(31(15)26)16-7-6-8-17(32)13-16/h6-10,13,24,28,32H,1,11-12,14H2,2-5H3/t24-,26+/m1/s1. The maximum absolute atomic E-state index is 15.5. The molecule has 178 valence electrons. The van der Waals surface area contributed by atoms with Gasteiger partial charge in [0.25, 0.3) is 5.91 Å². The summed E-state index contributed by atoms with van der Waals surface area (Å²) in [6.45, 7) is 7.39. The third-order valence-corrected chi connectivity index (χ3v) is 7.06. The van der Waals surface area contributed by atoms with Gasteiger partial charge in [0.15, 0.2) is 11.6 Å². The number of nitrogens with one attached hydrogen (secondary N) is 1. The Bertz CT molecular complexity index is 1320. The first kappa shape index (κ1) is 22.3. The van der Waals surface area contributed by atoms with Gasteiger partial charge in [-0.3, -0.25) is 9.69 Å². The van der Waals surface area contributed by atoms with Crippen molar-refractivity contribution in [2.24, 2.45) is 0 Å². The predicted molar refractivity (Wildman–Crippen MR) is 128 cm³/mol. The van der Waals surface area contributed by atoms with Gasteiger partial charge >= 0.3 is 0 Å². The monoisotopic (exact) mass is 464 g/mol. The van der Waals surface area contributed by atoms with Crippen LogP contribution < -0.4 is 4.74 Å². The van der Waals surface area contributed by atoms with Crippen LogP contribution in [0.15, 0.2) is 48.8 Å². The number of benzene rings is 2. The zero-order chi connectivity index (χ0) is 24.4. The topological polar surface area (TPSA) is 72.0 Å². The summed E-state index contributed by atoms with van der Waals surface area (Å²) in [5.41, 5.74) is 2.00. The van der Waals surface area contributed by atoms with Crippen molar-refractivity contribution in [1.82, 2.24) is 19.7 Å². The van der Waals surface area contributed by atoms with Gasteiger partial charge in [-0.25, -0.2) is 4.39 Å². The molecule has 0 aliphatic carbocycles. The van der Waals surface area contributed by atoms with Crippen molar-refractivity contribution < 1.29 is 19.0 Å². The van der Waals surface area contributed by atoms with Crippen LogP contribution in [0, 0.1) is 5.82 Å². The number of nitrogens with zero attached hydrogens (tertiary/aromatic N) is 3. The Kier molecular flexibility index (Phi) is 5.09. The summed E-state index contributed by atoms with van der Waals surface area (Å²) in [5, 5.41) is 10.7. The maximum Gasteiger partial charge on any atom is 0.254 e. The van der Waals surface area contributed by atoms with Crippen LogP contribution in [0.25, 0.3) is 10.9 Å². The summed E-state index contributed by atoms with van der Waals surface area (Å²) in [6, 6.07) is 9.90. The number of hydrogen-bond acceptors (Lipinski definition) is 5. The first-order valence-electron chi connectivity index (χ1n) is 11.3. The molecule has 0 unspecified atom stereocenters. The fourth-order valence-corrected chi connectivity index (χ4v) is 5.42. The van der Waals surface area contributed by atoms with Crippen LogP contribution >= 0.6 is 0 Å². The molecule has 0 spiro atoms. The normalized spacial score (nSPS) is 22.0. The highest BCUT2D eigenvalue weighted by Crippen LogP contribution is 2.51. The number of carbonyl (C=O) groups is 1. The summed E-state index contributed by atoms with van der Waals surface area (Å²) in [7, 11) is 5.36. The molecule has 0 bridgehead atoms. The molecule has 1 saturated heterocycles. The molecule has 34 heavy (non-hydrogen) atoms. The predicted octanol–water partition coefficient (Wildman–Crippen LogP) is 3.60. The maximum atomic E-state index is 15.5. The van der Waals surface area contributed by atoms with E-state index in [1.54, 1.807) is 35.2 Å². The number of amides is 1. The van der Waals surface area contributed by atoms with E-state index >= 15 is 4.39 Å². The van der Waals surface area contributed by atoms with Crippen LogP contribution in [0.5, 0.6) is 11.5 Å². The fraction of sp³-hybridized carbons (Fsp3) is 0.346. The highest BCUT2D eigenvalue weighted by Gasteiger charge is 2.57. The van der Waals surface area contributed by atoms with Gasteiger partial charge < -0.3 is 24.6 Å². The van der Waals surface area contributed by atoms with Crippen LogP contribution in [-0.2, 0) is 11.2 Å². The smallest absolute Gasteiger partial charge is 0.254 e. The Balaban J connectivity index is 1.75. The van der Waals surface area contributed by atoms with E-state index in [-0.39, 0.29) is 17.4 Å². The van der Waals surface area contributed by atoms with Crippen molar-refractivity contribution in [1.29, 1.82) is 0 Å². The van der Waals surface area contributed by atoms with Crippen molar-refractivity contribution in [3.63, 3.8) is 0 Å². The number of carbonyl (C=O) groups excluding carboxylic acids is 1. The molecule has 1 aromatic heterocycles. The van der Waals surface area contributed by atoms with E-state index < -0.39 is 17.4 Å². The largest absolute Gasteiger partial charge is 0.508 e. The zero-order valence-corrected chi connectivity index (χ0v) is 19.9. The van der Waals surface area contributed by atoms with Crippen molar-refractivity contribution in [3.05, 3.63) is 71.4 Å². The molecule has 2 atom stereocenters. The molecule has 0 radical (unpaired) electrons. The summed E-state index contributed by atoms with van der Waals surface area (Å²) < 4.78 is 20.7. The first-order valence-corrected chi connectivity index (χ1v) is 11.3. The fourth-order valence-electron chi connectivity index (χ4n) is 5.42. The summed E-state index contributed by atoms with van der Waals surface area (Å²) in [6.07, 6.45) is 0.318. The molecule has 3 heterocycles. The molecule has 8 heteroatoms. The summed E-state index contributed by atoms with van der Waals surface area (Å²) in [5.74, 6) is 0.372. The van der Waals surface area contributed by atoms with E-state index in [0.29, 0.717) is 36.2 Å². The van der Waals surface area contributed by atoms with E-state index in [4.69, 9.17) is 4.74 Å². The van der Waals surface area contributed by atoms with Gasteiger partial charge in [-0.05, 0) is 56.4 Å². The minimum atomic E-state index is -0.961. The lowest BCUT2D eigenvalue weighted by Crippen LogP contribution is -2.52. The van der Waals surface area contributed by atoms with Gasteiger partial charge in [0.2, 0.25) is 0 Å². The summed E-state index contributed by atoms with van der Waals surface area (Å²) >= 11 is 0. The molecule has 2 N–H and O–H groups in total. The van der Waals surface area contributed by atoms with Gasteiger partial charge in [-0.15, -0.1) is 0 Å². The number of aromatic hydroxyl groups is 1. The number of phenols is 1. The third kappa shape index (κ3) is 3.09. The van der Waals surface area contributed by atoms with E-state index in [1.165, 1.54) is 7.11 Å². The Labute approximate surface area is 198 Å². The quantitative estimate of drug-likeness (QED) is 0.604. The second-order valence-electron chi connectivity index (χ2n) is 9.52. The molecule has 5 rings (SSSR count). The van der Waals surface area contributed by atoms with Gasteiger partial charge in [-0.1, -0.05) is 18.7 Å². The number of ether oxygens (including phenoxy) is 1. The average molecular weight is 465 g/mol. The van der Waals surface area contributed by atoms with Crippen LogP contribution in [0.2, 0.25) is 0 Å². The van der Waals surface area contributed by atoms with Crippen molar-refractivity contribution in [2.45, 2.75) is 24.9 Å². The minimum absolute atomic E-state index is 0.0622. The second-order valence-corrected chi connectivity index (χ2v) is 9.52. The lowest BCUT2D eigenvalue weighted by Gasteiger charge is -2.44. The molecule has 2 aliphatic rings. The number of rotatable bonds is 5. The molecule has 1 amide bonds. The van der Waals surface area contributed by atoms with E-state index in [0.717, 1.165) is 16.8 Å². The first-order chi connectivity index (χ1) is 16.2. The number of halogens is 1. The SMILES string of the molecule is C=C1N(CCN(C)C)C(=O)[C@]2(C)Cc3c([nH]c4ccc(OC)c(F)c34)[C@@H](c3cccc(O)c3)N12. The lowest BCUT2D eigenvalue weighted by molar-refractivity contribution is -0.133. The zero-order valence-electron chi connectivity index (χ0n) is 19.9. The number of phenolic OH excluding ortho intramolecular Hbond substituents is 1. The number of H-pyrrole nitrogens is 1. The molecule has 3 aromatic rings. The molecule has 7 nitrogen and oxygen atoms in total. The number of aromatic nitrogens is 1. The Morgan fingerprint density at radius 3 is 2.76 bits per heavy atom. The van der Waals surface area contributed by atoms with Gasteiger partial charge in [0.1, 0.15) is 17.1 Å². The van der Waals surface area contributed by atoms with E-state index in [1.807, 2.05) is 36.9 Å². The highest BCUT2D eigenvalue weighted by molar-refractivity contribution is 5.94. The van der Waals surface area contributed by atoms with E-state index in [2.05, 4.69) is 11.6 Å². The van der Waals surface area contributed by atoms with Crippen LogP contribution in [-0.4, -0.2) is 70.5 Å². The average Bonchev–Trinajstić information content (AvgIpc) is 3.24. The molecule has 0 saturated carbocycles. The molecular weight excluding hydrogens is 435 g/mol. The van der Waals surface area contributed by atoms with Gasteiger partial charge in [0.05, 0.1) is 13.2 Å². The van der Waals surface area contributed by atoms with Crippen molar-refractivity contribution >= 4 is 16.8 Å². The van der Waals surface area contributed by atoms with Gasteiger partial charge in [-0.2, -0.15) is 0 Å².